The average molecular weight is 280 g/mol. The second-order valence-electron chi connectivity index (χ2n) is 3.93. The number of alkyl halides is 1. The van der Waals surface area contributed by atoms with E-state index >= 15 is 0 Å². The molecule has 4 nitrogen and oxygen atoms in total. The van der Waals surface area contributed by atoms with Crippen molar-refractivity contribution >= 4 is 11.6 Å². The summed E-state index contributed by atoms with van der Waals surface area (Å²) in [5.41, 5.74) is 1.92. The maximum Gasteiger partial charge on any atom is 0.252 e. The number of halogens is 1. The topological polar surface area (TPSA) is 51.3 Å². The Hall–Kier alpha value is -1.94. The Kier molecular flexibility index (Phi) is 4.12. The normalized spacial score (nSPS) is 10.3. The van der Waals surface area contributed by atoms with Crippen molar-refractivity contribution in [2.45, 2.75) is 5.88 Å². The Morgan fingerprint density at radius 1 is 1.11 bits per heavy atom. The first-order valence-electron chi connectivity index (χ1n) is 5.70. The van der Waals surface area contributed by atoms with Gasteiger partial charge in [-0.2, -0.15) is 0 Å². The van der Waals surface area contributed by atoms with Gasteiger partial charge in [0.2, 0.25) is 0 Å². The molecule has 0 saturated carbocycles. The summed E-state index contributed by atoms with van der Waals surface area (Å²) in [7, 11) is 3.15. The molecule has 1 aromatic heterocycles. The van der Waals surface area contributed by atoms with Crippen LogP contribution in [0, 0.1) is 0 Å². The molecule has 0 radical (unpaired) electrons. The van der Waals surface area contributed by atoms with Crippen molar-refractivity contribution in [3.05, 3.63) is 46.2 Å². The lowest BCUT2D eigenvalue weighted by atomic mass is 10.1. The number of pyridine rings is 1. The van der Waals surface area contributed by atoms with Crippen molar-refractivity contribution in [2.75, 3.05) is 14.2 Å². The van der Waals surface area contributed by atoms with Crippen LogP contribution in [0.1, 0.15) is 5.56 Å². The van der Waals surface area contributed by atoms with Gasteiger partial charge in [0.05, 0.1) is 20.1 Å². The number of ether oxygens (including phenoxy) is 2. The maximum atomic E-state index is 11.7. The van der Waals surface area contributed by atoms with Crippen LogP contribution in [0.2, 0.25) is 0 Å². The van der Waals surface area contributed by atoms with E-state index in [4.69, 9.17) is 21.1 Å². The van der Waals surface area contributed by atoms with Crippen LogP contribution in [0.4, 0.5) is 0 Å². The fourth-order valence-corrected chi connectivity index (χ4v) is 1.99. The molecule has 2 rings (SSSR count). The molecule has 5 heteroatoms. The van der Waals surface area contributed by atoms with Crippen molar-refractivity contribution in [3.8, 4) is 22.8 Å². The van der Waals surface area contributed by atoms with Crippen LogP contribution in [0.25, 0.3) is 11.3 Å². The minimum absolute atomic E-state index is 0.178. The third-order valence-electron chi connectivity index (χ3n) is 2.83. The molecule has 0 amide bonds. The zero-order chi connectivity index (χ0) is 13.8. The summed E-state index contributed by atoms with van der Waals surface area (Å²) in [5, 5.41) is 0. The molecule has 1 heterocycles. The molecular formula is C14H14ClNO3. The van der Waals surface area contributed by atoms with E-state index < -0.39 is 0 Å². The van der Waals surface area contributed by atoms with Crippen LogP contribution in [-0.2, 0) is 5.88 Å². The van der Waals surface area contributed by atoms with Crippen LogP contribution in [0.3, 0.4) is 0 Å². The summed E-state index contributed by atoms with van der Waals surface area (Å²) in [6.07, 6.45) is 0. The van der Waals surface area contributed by atoms with Gasteiger partial charge >= 0.3 is 0 Å². The number of rotatable bonds is 4. The molecule has 2 aromatic rings. The zero-order valence-corrected chi connectivity index (χ0v) is 11.5. The number of aromatic nitrogens is 1. The quantitative estimate of drug-likeness (QED) is 0.876. The maximum absolute atomic E-state index is 11.7. The van der Waals surface area contributed by atoms with E-state index in [0.29, 0.717) is 22.8 Å². The lowest BCUT2D eigenvalue weighted by molar-refractivity contribution is 0.355. The number of nitrogens with one attached hydrogen (secondary N) is 1. The van der Waals surface area contributed by atoms with Crippen molar-refractivity contribution in [1.29, 1.82) is 0 Å². The van der Waals surface area contributed by atoms with E-state index in [0.717, 1.165) is 5.56 Å². The van der Waals surface area contributed by atoms with Gasteiger partial charge in [-0.3, -0.25) is 4.79 Å². The molecule has 0 atom stereocenters. The van der Waals surface area contributed by atoms with Crippen molar-refractivity contribution < 1.29 is 9.47 Å². The van der Waals surface area contributed by atoms with Crippen molar-refractivity contribution in [3.63, 3.8) is 0 Å². The molecular weight excluding hydrogens is 266 g/mol. The molecule has 0 saturated heterocycles. The predicted molar refractivity (Wildman–Crippen MR) is 75.2 cm³/mol. The highest BCUT2D eigenvalue weighted by Crippen LogP contribution is 2.31. The second-order valence-corrected chi connectivity index (χ2v) is 4.20. The number of methoxy groups -OCH3 is 2. The van der Waals surface area contributed by atoms with Crippen LogP contribution in [0.15, 0.2) is 35.1 Å². The summed E-state index contributed by atoms with van der Waals surface area (Å²) in [4.78, 5) is 14.5. The van der Waals surface area contributed by atoms with Gasteiger partial charge in [-0.05, 0) is 24.3 Å². The SMILES string of the molecule is COc1ccc(-c2ccc(CCl)c(=O)[nH]2)cc1OC. The molecule has 19 heavy (non-hydrogen) atoms. The van der Waals surface area contributed by atoms with Crippen molar-refractivity contribution in [2.24, 2.45) is 0 Å². The number of benzene rings is 1. The van der Waals surface area contributed by atoms with E-state index in [9.17, 15) is 4.79 Å². The molecule has 0 fully saturated rings. The van der Waals surface area contributed by atoms with Gasteiger partial charge in [-0.15, -0.1) is 11.6 Å². The Morgan fingerprint density at radius 3 is 2.42 bits per heavy atom. The second kappa shape index (κ2) is 5.80. The van der Waals surface area contributed by atoms with Gasteiger partial charge in [-0.1, -0.05) is 6.07 Å². The van der Waals surface area contributed by atoms with Gasteiger partial charge in [0.1, 0.15) is 0 Å². The van der Waals surface area contributed by atoms with Crippen molar-refractivity contribution in [1.82, 2.24) is 4.98 Å². The van der Waals surface area contributed by atoms with Crippen LogP contribution >= 0.6 is 11.6 Å². The molecule has 0 unspecified atom stereocenters. The first-order valence-corrected chi connectivity index (χ1v) is 6.23. The van der Waals surface area contributed by atoms with Gasteiger partial charge in [0.25, 0.3) is 5.56 Å². The van der Waals surface area contributed by atoms with Crippen LogP contribution in [-0.4, -0.2) is 19.2 Å². The summed E-state index contributed by atoms with van der Waals surface area (Å²) in [6, 6.07) is 9.00. The number of H-pyrrole nitrogens is 1. The Labute approximate surface area is 115 Å². The van der Waals surface area contributed by atoms with E-state index in [2.05, 4.69) is 4.98 Å². The molecule has 0 spiro atoms. The molecule has 0 aliphatic heterocycles. The van der Waals surface area contributed by atoms with E-state index in [1.807, 2.05) is 18.2 Å². The minimum Gasteiger partial charge on any atom is -0.493 e. The lowest BCUT2D eigenvalue weighted by Crippen LogP contribution is -2.11. The average Bonchev–Trinajstić information content (AvgIpc) is 2.46. The highest BCUT2D eigenvalue weighted by atomic mass is 35.5. The monoisotopic (exact) mass is 279 g/mol. The standard InChI is InChI=1S/C14H14ClNO3/c1-18-12-6-4-9(7-13(12)19-2)11-5-3-10(8-15)14(17)16-11/h3-7H,8H2,1-2H3,(H,16,17). The highest BCUT2D eigenvalue weighted by Gasteiger charge is 2.07. The van der Waals surface area contributed by atoms with E-state index in [-0.39, 0.29) is 11.4 Å². The van der Waals surface area contributed by atoms with Gasteiger partial charge in [0.15, 0.2) is 11.5 Å². The highest BCUT2D eigenvalue weighted by molar-refractivity contribution is 6.17. The largest absolute Gasteiger partial charge is 0.493 e. The summed E-state index contributed by atoms with van der Waals surface area (Å²) in [5.74, 6) is 1.45. The fourth-order valence-electron chi connectivity index (χ4n) is 1.78. The summed E-state index contributed by atoms with van der Waals surface area (Å²) in [6.45, 7) is 0. The number of hydrogen-bond donors (Lipinski definition) is 1. The molecule has 0 bridgehead atoms. The molecule has 100 valence electrons. The Morgan fingerprint density at radius 2 is 1.84 bits per heavy atom. The first kappa shape index (κ1) is 13.5. The lowest BCUT2D eigenvalue weighted by Gasteiger charge is -2.09. The van der Waals surface area contributed by atoms with Gasteiger partial charge in [-0.25, -0.2) is 0 Å². The number of aromatic amines is 1. The predicted octanol–water partition coefficient (Wildman–Crippen LogP) is 2.80. The summed E-state index contributed by atoms with van der Waals surface area (Å²) < 4.78 is 10.4. The molecule has 1 N–H and O–H groups in total. The van der Waals surface area contributed by atoms with Crippen LogP contribution in [0.5, 0.6) is 11.5 Å². The Balaban J connectivity index is 2.47. The van der Waals surface area contributed by atoms with Gasteiger partial charge < -0.3 is 14.5 Å². The third-order valence-corrected chi connectivity index (χ3v) is 3.12. The Bertz CT molecular complexity index is 637. The molecule has 0 aliphatic carbocycles. The van der Waals surface area contributed by atoms with E-state index in [1.165, 1.54) is 0 Å². The van der Waals surface area contributed by atoms with Gasteiger partial charge in [0, 0.05) is 16.8 Å². The zero-order valence-electron chi connectivity index (χ0n) is 10.7. The molecule has 1 aromatic carbocycles. The first-order chi connectivity index (χ1) is 9.19. The van der Waals surface area contributed by atoms with E-state index in [1.54, 1.807) is 26.4 Å². The third kappa shape index (κ3) is 2.74. The number of hydrogen-bond acceptors (Lipinski definition) is 3. The molecule has 0 aliphatic rings. The summed E-state index contributed by atoms with van der Waals surface area (Å²) >= 11 is 5.66. The fraction of sp³-hybridized carbons (Fsp3) is 0.214. The minimum atomic E-state index is -0.178. The van der Waals surface area contributed by atoms with Crippen LogP contribution < -0.4 is 15.0 Å². The smallest absolute Gasteiger partial charge is 0.252 e.